The van der Waals surface area contributed by atoms with Crippen molar-refractivity contribution >= 4 is 15.9 Å². The van der Waals surface area contributed by atoms with Crippen LogP contribution in [-0.2, 0) is 4.74 Å². The van der Waals surface area contributed by atoms with E-state index < -0.39 is 5.83 Å². The molecule has 0 atom stereocenters. The third-order valence-electron chi connectivity index (χ3n) is 3.18. The minimum atomic E-state index is -0.462. The Morgan fingerprint density at radius 1 is 1.35 bits per heavy atom. The molecule has 0 aliphatic heterocycles. The molecule has 17 heavy (non-hydrogen) atoms. The summed E-state index contributed by atoms with van der Waals surface area (Å²) in [6.07, 6.45) is 6.11. The van der Waals surface area contributed by atoms with Crippen LogP contribution < -0.4 is 0 Å². The van der Waals surface area contributed by atoms with E-state index in [9.17, 15) is 4.39 Å². The van der Waals surface area contributed by atoms with Crippen LogP contribution in [0.5, 0.6) is 0 Å². The molecule has 0 N–H and O–H groups in total. The van der Waals surface area contributed by atoms with Crippen LogP contribution in [0.4, 0.5) is 4.39 Å². The molecule has 0 spiro atoms. The Balaban J connectivity index is 2.31. The van der Waals surface area contributed by atoms with Crippen molar-refractivity contribution in [3.05, 3.63) is 35.3 Å². The average molecular weight is 303 g/mol. The van der Waals surface area contributed by atoms with E-state index in [0.29, 0.717) is 17.0 Å². The molecule has 0 amide bonds. The van der Waals surface area contributed by atoms with Crippen LogP contribution in [0.3, 0.4) is 0 Å². The largest absolute Gasteiger partial charge is 0.491 e. The Bertz CT molecular complexity index is 314. The van der Waals surface area contributed by atoms with Gasteiger partial charge in [-0.05, 0) is 30.8 Å². The lowest BCUT2D eigenvalue weighted by atomic mass is 9.83. The lowest BCUT2D eigenvalue weighted by molar-refractivity contribution is 0.131. The minimum absolute atomic E-state index is 0.101. The van der Waals surface area contributed by atoms with E-state index in [1.807, 2.05) is 0 Å². The molecule has 1 fully saturated rings. The van der Waals surface area contributed by atoms with Crippen molar-refractivity contribution in [3.63, 3.8) is 0 Å². The molecule has 0 saturated heterocycles. The number of ether oxygens (including phenoxy) is 1. The standard InChI is InChI=1S/C14H20BrFO/c1-10-4-6-13(7-5-10)9-17-12(3)14(16)8-11(2)15/h8,10,13H,2-7,9H2,1H3/b14-8+. The summed E-state index contributed by atoms with van der Waals surface area (Å²) in [5, 5.41) is 0. The van der Waals surface area contributed by atoms with E-state index in [1.165, 1.54) is 31.8 Å². The molecule has 1 rings (SSSR count). The molecular formula is C14H20BrFO. The smallest absolute Gasteiger partial charge is 0.165 e. The predicted octanol–water partition coefficient (Wildman–Crippen LogP) is 5.11. The summed E-state index contributed by atoms with van der Waals surface area (Å²) < 4.78 is 19.3. The second kappa shape index (κ2) is 7.00. The fourth-order valence-corrected chi connectivity index (χ4v) is 2.20. The molecule has 0 aromatic carbocycles. The van der Waals surface area contributed by atoms with Crippen LogP contribution in [0.2, 0.25) is 0 Å². The Labute approximate surface area is 112 Å². The molecule has 0 heterocycles. The van der Waals surface area contributed by atoms with Crippen LogP contribution >= 0.6 is 15.9 Å². The van der Waals surface area contributed by atoms with Gasteiger partial charge in [-0.3, -0.25) is 0 Å². The molecule has 0 bridgehead atoms. The van der Waals surface area contributed by atoms with E-state index in [4.69, 9.17) is 4.74 Å². The van der Waals surface area contributed by atoms with Crippen molar-refractivity contribution < 1.29 is 9.13 Å². The highest BCUT2D eigenvalue weighted by Crippen LogP contribution is 2.29. The van der Waals surface area contributed by atoms with E-state index in [0.717, 1.165) is 5.92 Å². The van der Waals surface area contributed by atoms with Gasteiger partial charge in [0.05, 0.1) is 6.61 Å². The van der Waals surface area contributed by atoms with Crippen molar-refractivity contribution in [2.45, 2.75) is 32.6 Å². The minimum Gasteiger partial charge on any atom is -0.491 e. The van der Waals surface area contributed by atoms with Crippen molar-refractivity contribution in [2.75, 3.05) is 6.61 Å². The molecular weight excluding hydrogens is 283 g/mol. The fourth-order valence-electron chi connectivity index (χ4n) is 2.00. The molecule has 96 valence electrons. The van der Waals surface area contributed by atoms with Gasteiger partial charge in [-0.15, -0.1) is 0 Å². The first kappa shape index (κ1) is 14.5. The molecule has 0 aromatic rings. The number of rotatable bonds is 5. The molecule has 1 saturated carbocycles. The van der Waals surface area contributed by atoms with Crippen molar-refractivity contribution in [3.8, 4) is 0 Å². The lowest BCUT2D eigenvalue weighted by Gasteiger charge is -2.26. The number of halogens is 2. The van der Waals surface area contributed by atoms with Crippen LogP contribution in [0.25, 0.3) is 0 Å². The monoisotopic (exact) mass is 302 g/mol. The van der Waals surface area contributed by atoms with Crippen LogP contribution in [-0.4, -0.2) is 6.61 Å². The average Bonchev–Trinajstić information content (AvgIpc) is 2.27. The Kier molecular flexibility index (Phi) is 5.96. The molecule has 1 aliphatic rings. The topological polar surface area (TPSA) is 9.23 Å². The highest BCUT2D eigenvalue weighted by molar-refractivity contribution is 9.11. The Hall–Kier alpha value is -0.570. The second-order valence-corrected chi connectivity index (χ2v) is 5.82. The van der Waals surface area contributed by atoms with E-state index in [1.54, 1.807) is 0 Å². The highest BCUT2D eigenvalue weighted by Gasteiger charge is 2.19. The number of hydrogen-bond acceptors (Lipinski definition) is 1. The van der Waals surface area contributed by atoms with Gasteiger partial charge in [-0.1, -0.05) is 48.9 Å². The first-order chi connectivity index (χ1) is 7.99. The van der Waals surface area contributed by atoms with Gasteiger partial charge in [0.25, 0.3) is 0 Å². The summed E-state index contributed by atoms with van der Waals surface area (Å²) in [5.74, 6) is 1.01. The van der Waals surface area contributed by atoms with Gasteiger partial charge in [0.15, 0.2) is 5.83 Å². The van der Waals surface area contributed by atoms with Crippen LogP contribution in [0.15, 0.2) is 35.3 Å². The summed E-state index contributed by atoms with van der Waals surface area (Å²) in [7, 11) is 0. The quantitative estimate of drug-likeness (QED) is 0.507. The molecule has 0 aromatic heterocycles. The second-order valence-electron chi connectivity index (χ2n) is 4.80. The fraction of sp³-hybridized carbons (Fsp3) is 0.571. The zero-order valence-corrected chi connectivity index (χ0v) is 11.9. The summed E-state index contributed by atoms with van der Waals surface area (Å²) in [4.78, 5) is 0. The highest BCUT2D eigenvalue weighted by atomic mass is 79.9. The number of allylic oxidation sites excluding steroid dienone is 3. The van der Waals surface area contributed by atoms with Gasteiger partial charge in [-0.25, -0.2) is 4.39 Å². The Morgan fingerprint density at radius 2 is 1.94 bits per heavy atom. The number of hydrogen-bond donors (Lipinski definition) is 0. The van der Waals surface area contributed by atoms with E-state index in [2.05, 4.69) is 36.0 Å². The maximum Gasteiger partial charge on any atom is 0.165 e. The van der Waals surface area contributed by atoms with Crippen molar-refractivity contribution in [2.24, 2.45) is 11.8 Å². The first-order valence-electron chi connectivity index (χ1n) is 6.02. The first-order valence-corrected chi connectivity index (χ1v) is 6.82. The Morgan fingerprint density at radius 3 is 2.47 bits per heavy atom. The zero-order valence-electron chi connectivity index (χ0n) is 10.3. The van der Waals surface area contributed by atoms with Gasteiger partial charge < -0.3 is 4.74 Å². The SMILES string of the molecule is C=C(Br)/C=C(/F)C(=C)OCC1CCC(C)CC1. The lowest BCUT2D eigenvalue weighted by Crippen LogP contribution is -2.17. The van der Waals surface area contributed by atoms with Gasteiger partial charge in [0.1, 0.15) is 5.76 Å². The van der Waals surface area contributed by atoms with Gasteiger partial charge in [0, 0.05) is 4.48 Å². The summed E-state index contributed by atoms with van der Waals surface area (Å²) in [5.41, 5.74) is 0. The third kappa shape index (κ3) is 5.53. The molecule has 1 aliphatic carbocycles. The molecule has 0 radical (unpaired) electrons. The van der Waals surface area contributed by atoms with Crippen LogP contribution in [0.1, 0.15) is 32.6 Å². The van der Waals surface area contributed by atoms with Gasteiger partial charge in [0.2, 0.25) is 0 Å². The normalized spacial score (nSPS) is 25.5. The van der Waals surface area contributed by atoms with E-state index >= 15 is 0 Å². The third-order valence-corrected chi connectivity index (χ3v) is 3.41. The summed E-state index contributed by atoms with van der Waals surface area (Å²) >= 11 is 3.07. The van der Waals surface area contributed by atoms with Gasteiger partial charge >= 0.3 is 0 Å². The summed E-state index contributed by atoms with van der Waals surface area (Å²) in [6.45, 7) is 9.97. The molecule has 0 unspecified atom stereocenters. The zero-order chi connectivity index (χ0) is 12.8. The molecule has 1 nitrogen and oxygen atoms in total. The summed E-state index contributed by atoms with van der Waals surface area (Å²) in [6, 6.07) is 0. The van der Waals surface area contributed by atoms with Crippen LogP contribution in [0, 0.1) is 11.8 Å². The van der Waals surface area contributed by atoms with Crippen molar-refractivity contribution in [1.29, 1.82) is 0 Å². The van der Waals surface area contributed by atoms with E-state index in [-0.39, 0.29) is 5.76 Å². The predicted molar refractivity (Wildman–Crippen MR) is 73.5 cm³/mol. The maximum absolute atomic E-state index is 13.4. The van der Waals surface area contributed by atoms with Gasteiger partial charge in [-0.2, -0.15) is 0 Å². The van der Waals surface area contributed by atoms with Crippen molar-refractivity contribution in [1.82, 2.24) is 0 Å². The molecule has 3 heteroatoms. The maximum atomic E-state index is 13.4.